The van der Waals surface area contributed by atoms with Crippen LogP contribution in [0.4, 0.5) is 4.79 Å². The van der Waals surface area contributed by atoms with Crippen molar-refractivity contribution in [1.29, 1.82) is 0 Å². The summed E-state index contributed by atoms with van der Waals surface area (Å²) in [5, 5.41) is 0. The van der Waals surface area contributed by atoms with Gasteiger partial charge in [-0.2, -0.15) is 0 Å². The highest BCUT2D eigenvalue weighted by Crippen LogP contribution is 2.32. The zero-order valence-electron chi connectivity index (χ0n) is 25.5. The van der Waals surface area contributed by atoms with Crippen LogP contribution in [0.25, 0.3) is 0 Å². The van der Waals surface area contributed by atoms with Crippen LogP contribution >= 0.6 is 22.6 Å². The Balaban J connectivity index is 1.32. The number of amides is 2. The smallest absolute Gasteiger partial charge is 0.410 e. The van der Waals surface area contributed by atoms with Gasteiger partial charge in [0.05, 0.1) is 0 Å². The quantitative estimate of drug-likeness (QED) is 0.174. The predicted molar refractivity (Wildman–Crippen MR) is 178 cm³/mol. The van der Waals surface area contributed by atoms with E-state index in [9.17, 15) is 9.59 Å². The maximum Gasteiger partial charge on any atom is 0.410 e. The molecule has 2 aromatic carbocycles. The molecule has 0 spiro atoms. The van der Waals surface area contributed by atoms with Crippen molar-refractivity contribution in [2.75, 3.05) is 39.8 Å². The summed E-state index contributed by atoms with van der Waals surface area (Å²) >= 11 is 2.27. The van der Waals surface area contributed by atoms with Gasteiger partial charge in [-0.25, -0.2) is 4.79 Å². The third-order valence-corrected chi connectivity index (χ3v) is 9.92. The van der Waals surface area contributed by atoms with E-state index in [-0.39, 0.29) is 30.1 Å². The Morgan fingerprint density at radius 2 is 1.69 bits per heavy atom. The van der Waals surface area contributed by atoms with Gasteiger partial charge in [-0.05, 0) is 84.5 Å². The van der Waals surface area contributed by atoms with Crippen molar-refractivity contribution in [2.45, 2.75) is 76.4 Å². The molecule has 0 bridgehead atoms. The van der Waals surface area contributed by atoms with Gasteiger partial charge in [0.15, 0.2) is 0 Å². The Kier molecular flexibility index (Phi) is 12.3. The first kappa shape index (κ1) is 32.5. The number of likely N-dealkylation sites (tertiary alicyclic amines) is 1. The molecule has 228 valence electrons. The predicted octanol–water partition coefficient (Wildman–Crippen LogP) is 7.27. The van der Waals surface area contributed by atoms with E-state index < -0.39 is 0 Å². The van der Waals surface area contributed by atoms with Crippen molar-refractivity contribution in [3.8, 4) is 0 Å². The van der Waals surface area contributed by atoms with E-state index in [4.69, 9.17) is 4.74 Å². The van der Waals surface area contributed by atoms with E-state index >= 15 is 0 Å². The van der Waals surface area contributed by atoms with Gasteiger partial charge in [0.1, 0.15) is 6.61 Å². The summed E-state index contributed by atoms with van der Waals surface area (Å²) in [4.78, 5) is 32.7. The fraction of sp³-hybridized carbons (Fsp3) is 0.543. The molecule has 1 aliphatic carbocycles. The summed E-state index contributed by atoms with van der Waals surface area (Å²) < 4.78 is 6.85. The monoisotopic (exact) mass is 685 g/mol. The van der Waals surface area contributed by atoms with Gasteiger partial charge in [-0.15, -0.1) is 6.58 Å². The van der Waals surface area contributed by atoms with Crippen molar-refractivity contribution >= 4 is 34.6 Å². The fourth-order valence-corrected chi connectivity index (χ4v) is 6.96. The molecule has 6 nitrogen and oxygen atoms in total. The SMILES string of the molecule is C=CCN(C(=O)OCc1ccc(I)cc1)C1CCN(CCC(C)(CN(C)C(=O)C2CCCCC2)c2ccccc2)CC1. The van der Waals surface area contributed by atoms with Crippen LogP contribution in [-0.4, -0.2) is 72.5 Å². The second-order valence-electron chi connectivity index (χ2n) is 12.4. The number of halogens is 1. The van der Waals surface area contributed by atoms with Crippen LogP contribution in [0.1, 0.15) is 69.4 Å². The highest BCUT2D eigenvalue weighted by atomic mass is 127. The maximum atomic E-state index is 13.3. The lowest BCUT2D eigenvalue weighted by atomic mass is 9.78. The molecule has 2 fully saturated rings. The number of likely N-dealkylation sites (N-methyl/N-ethyl adjacent to an activating group) is 1. The first-order valence-electron chi connectivity index (χ1n) is 15.6. The van der Waals surface area contributed by atoms with E-state index in [1.165, 1.54) is 24.8 Å². The number of benzene rings is 2. The van der Waals surface area contributed by atoms with Crippen molar-refractivity contribution in [3.63, 3.8) is 0 Å². The van der Waals surface area contributed by atoms with Crippen LogP contribution < -0.4 is 0 Å². The Morgan fingerprint density at radius 3 is 2.33 bits per heavy atom. The van der Waals surface area contributed by atoms with Crippen LogP contribution in [0, 0.1) is 9.49 Å². The topological polar surface area (TPSA) is 53.1 Å². The number of ether oxygens (including phenoxy) is 1. The van der Waals surface area contributed by atoms with Crippen molar-refractivity contribution in [2.24, 2.45) is 5.92 Å². The lowest BCUT2D eigenvalue weighted by Crippen LogP contribution is -2.49. The fourth-order valence-electron chi connectivity index (χ4n) is 6.60. The maximum absolute atomic E-state index is 13.3. The van der Waals surface area contributed by atoms with Gasteiger partial charge >= 0.3 is 6.09 Å². The van der Waals surface area contributed by atoms with Crippen LogP contribution in [0.2, 0.25) is 0 Å². The average molecular weight is 686 g/mol. The van der Waals surface area contributed by atoms with E-state index in [0.717, 1.165) is 67.4 Å². The Bertz CT molecular complexity index is 1140. The Labute approximate surface area is 266 Å². The standard InChI is InChI=1S/C35H48IN3O3/c1-4-22-39(34(41)42-26-28-15-17-31(36)18-16-28)32-19-23-38(24-20-32)25-21-35(2,30-13-9-6-10-14-30)27-37(3)33(40)29-11-7-5-8-12-29/h4,6,9-10,13-18,29,32H,1,5,7-8,11-12,19-27H2,2-3H3. The van der Waals surface area contributed by atoms with Gasteiger partial charge in [0.2, 0.25) is 5.91 Å². The molecular weight excluding hydrogens is 637 g/mol. The second kappa shape index (κ2) is 15.9. The first-order valence-corrected chi connectivity index (χ1v) is 16.7. The number of hydrogen-bond donors (Lipinski definition) is 0. The van der Waals surface area contributed by atoms with E-state index in [1.54, 1.807) is 6.08 Å². The lowest BCUT2D eigenvalue weighted by Gasteiger charge is -2.40. The molecule has 2 aromatic rings. The van der Waals surface area contributed by atoms with Gasteiger partial charge in [-0.3, -0.25) is 4.79 Å². The molecule has 1 atom stereocenters. The largest absolute Gasteiger partial charge is 0.445 e. The van der Waals surface area contributed by atoms with E-state index in [1.807, 2.05) is 41.1 Å². The molecule has 42 heavy (non-hydrogen) atoms. The Morgan fingerprint density at radius 1 is 1.02 bits per heavy atom. The molecule has 1 saturated heterocycles. The second-order valence-corrected chi connectivity index (χ2v) is 13.6. The first-order chi connectivity index (χ1) is 20.3. The Hall–Kier alpha value is -2.39. The molecule has 0 aromatic heterocycles. The van der Waals surface area contributed by atoms with E-state index in [2.05, 4.69) is 71.3 Å². The third kappa shape index (κ3) is 9.06. The van der Waals surface area contributed by atoms with Crippen LogP contribution in [0.3, 0.4) is 0 Å². The van der Waals surface area contributed by atoms with E-state index in [0.29, 0.717) is 12.5 Å². The summed E-state index contributed by atoms with van der Waals surface area (Å²) in [6.07, 6.45) is 9.97. The number of hydrogen-bond acceptors (Lipinski definition) is 4. The van der Waals surface area contributed by atoms with Crippen molar-refractivity contribution in [1.82, 2.24) is 14.7 Å². The molecule has 1 aliphatic heterocycles. The van der Waals surface area contributed by atoms with Gasteiger partial charge in [-0.1, -0.05) is 74.7 Å². The molecule has 2 amide bonds. The summed E-state index contributed by atoms with van der Waals surface area (Å²) in [6.45, 7) is 10.5. The van der Waals surface area contributed by atoms with Crippen molar-refractivity contribution < 1.29 is 14.3 Å². The lowest BCUT2D eigenvalue weighted by molar-refractivity contribution is -0.136. The average Bonchev–Trinajstić information content (AvgIpc) is 3.03. The highest BCUT2D eigenvalue weighted by Gasteiger charge is 2.34. The number of carbonyl (C=O) groups excluding carboxylic acids is 2. The molecule has 7 heteroatoms. The van der Waals surface area contributed by atoms with Gasteiger partial charge in [0, 0.05) is 54.2 Å². The minimum absolute atomic E-state index is 0.134. The molecule has 4 rings (SSSR count). The summed E-state index contributed by atoms with van der Waals surface area (Å²) in [7, 11) is 2.00. The summed E-state index contributed by atoms with van der Waals surface area (Å²) in [5.74, 6) is 0.499. The summed E-state index contributed by atoms with van der Waals surface area (Å²) in [5.41, 5.74) is 2.15. The number of rotatable bonds is 12. The summed E-state index contributed by atoms with van der Waals surface area (Å²) in [6, 6.07) is 18.9. The minimum atomic E-state index is -0.269. The van der Waals surface area contributed by atoms with Crippen LogP contribution in [0.15, 0.2) is 67.3 Å². The molecule has 1 saturated carbocycles. The highest BCUT2D eigenvalue weighted by molar-refractivity contribution is 14.1. The number of piperidine rings is 1. The van der Waals surface area contributed by atoms with Gasteiger partial charge < -0.3 is 19.4 Å². The van der Waals surface area contributed by atoms with Crippen LogP contribution in [-0.2, 0) is 21.6 Å². The van der Waals surface area contributed by atoms with Crippen molar-refractivity contribution in [3.05, 3.63) is 81.9 Å². The zero-order chi connectivity index (χ0) is 30.0. The van der Waals surface area contributed by atoms with Gasteiger partial charge in [0.25, 0.3) is 0 Å². The number of nitrogens with zero attached hydrogens (tertiary/aromatic N) is 3. The van der Waals surface area contributed by atoms with Crippen LogP contribution in [0.5, 0.6) is 0 Å². The molecule has 0 radical (unpaired) electrons. The molecule has 2 aliphatic rings. The number of carbonyl (C=O) groups is 2. The molecule has 0 N–H and O–H groups in total. The zero-order valence-corrected chi connectivity index (χ0v) is 27.6. The minimum Gasteiger partial charge on any atom is -0.445 e. The normalized spacial score (nSPS) is 18.2. The molecule has 1 unspecified atom stereocenters. The molecule has 1 heterocycles. The third-order valence-electron chi connectivity index (χ3n) is 9.20. The molecular formula is C35H48IN3O3.